The van der Waals surface area contributed by atoms with Gasteiger partial charge in [0.25, 0.3) is 0 Å². The minimum atomic E-state index is -4.70. The standard InChI is InChI=1S/C22H16F3N5O4S/c1-35(33,34)30-14-6-4-5-13(10-14)27-21-26-11-12-9-16(18(20(31)32)28-19(12)29-21)15-7-2-3-8-17(15)22(23,24)25/h2-11,30H,1H3,(H,31,32)(H,26,27,28,29). The number of anilines is 3. The number of carboxylic acid groups (broad SMARTS) is 1. The van der Waals surface area contributed by atoms with Gasteiger partial charge in [0.1, 0.15) is 0 Å². The monoisotopic (exact) mass is 503 g/mol. The normalized spacial score (nSPS) is 11.9. The van der Waals surface area contributed by atoms with Crippen LogP contribution in [0.5, 0.6) is 0 Å². The number of nitrogens with one attached hydrogen (secondary N) is 2. The summed E-state index contributed by atoms with van der Waals surface area (Å²) in [6.07, 6.45) is -2.40. The smallest absolute Gasteiger partial charge is 0.417 e. The van der Waals surface area contributed by atoms with Crippen molar-refractivity contribution in [2.24, 2.45) is 0 Å². The average Bonchev–Trinajstić information content (AvgIpc) is 2.76. The molecule has 2 heterocycles. The van der Waals surface area contributed by atoms with Gasteiger partial charge in [0, 0.05) is 22.8 Å². The van der Waals surface area contributed by atoms with E-state index >= 15 is 0 Å². The van der Waals surface area contributed by atoms with E-state index in [4.69, 9.17) is 0 Å². The minimum Gasteiger partial charge on any atom is -0.476 e. The Labute approximate surface area is 196 Å². The molecule has 0 fully saturated rings. The molecule has 0 saturated heterocycles. The Hall–Kier alpha value is -4.26. The number of halogens is 3. The molecule has 4 aromatic rings. The number of nitrogens with zero attached hydrogens (tertiary/aromatic N) is 3. The fourth-order valence-corrected chi connectivity index (χ4v) is 3.92. The zero-order valence-electron chi connectivity index (χ0n) is 17.8. The highest BCUT2D eigenvalue weighted by Crippen LogP contribution is 2.38. The first-order valence-corrected chi connectivity index (χ1v) is 11.7. The van der Waals surface area contributed by atoms with Crippen LogP contribution in [-0.2, 0) is 16.2 Å². The van der Waals surface area contributed by atoms with Crippen LogP contribution in [0.2, 0.25) is 0 Å². The van der Waals surface area contributed by atoms with E-state index in [1.807, 2.05) is 0 Å². The van der Waals surface area contributed by atoms with Crippen LogP contribution in [0, 0.1) is 0 Å². The summed E-state index contributed by atoms with van der Waals surface area (Å²) in [5.41, 5.74) is -1.49. The van der Waals surface area contributed by atoms with E-state index < -0.39 is 33.4 Å². The van der Waals surface area contributed by atoms with E-state index in [1.165, 1.54) is 42.6 Å². The molecular formula is C22H16F3N5O4S. The number of aromatic carboxylic acids is 1. The van der Waals surface area contributed by atoms with E-state index in [9.17, 15) is 31.5 Å². The second-order valence-corrected chi connectivity index (χ2v) is 9.17. The summed E-state index contributed by atoms with van der Waals surface area (Å²) in [6, 6.07) is 12.1. The molecule has 0 spiro atoms. The molecule has 0 radical (unpaired) electrons. The SMILES string of the molecule is CS(=O)(=O)Nc1cccc(Nc2ncc3cc(-c4ccccc4C(F)(F)F)c(C(=O)O)nc3n2)c1. The van der Waals surface area contributed by atoms with Crippen LogP contribution in [0.15, 0.2) is 60.8 Å². The van der Waals surface area contributed by atoms with E-state index in [1.54, 1.807) is 12.1 Å². The first-order chi connectivity index (χ1) is 16.4. The molecule has 0 aliphatic carbocycles. The van der Waals surface area contributed by atoms with Gasteiger partial charge < -0.3 is 10.4 Å². The van der Waals surface area contributed by atoms with Crippen molar-refractivity contribution >= 4 is 44.3 Å². The first-order valence-electron chi connectivity index (χ1n) is 9.83. The predicted octanol–water partition coefficient (Wildman–Crippen LogP) is 4.52. The van der Waals surface area contributed by atoms with Gasteiger partial charge in [-0.3, -0.25) is 4.72 Å². The maximum Gasteiger partial charge on any atom is 0.417 e. The third-order valence-corrected chi connectivity index (χ3v) is 5.32. The molecule has 0 unspecified atom stereocenters. The second-order valence-electron chi connectivity index (χ2n) is 7.42. The maximum absolute atomic E-state index is 13.5. The number of rotatable bonds is 6. The number of hydrogen-bond acceptors (Lipinski definition) is 7. The number of aromatic nitrogens is 3. The Morgan fingerprint density at radius 1 is 0.971 bits per heavy atom. The molecule has 0 aliphatic heterocycles. The lowest BCUT2D eigenvalue weighted by molar-refractivity contribution is -0.137. The van der Waals surface area contributed by atoms with Crippen molar-refractivity contribution in [2.75, 3.05) is 16.3 Å². The summed E-state index contributed by atoms with van der Waals surface area (Å²) in [6.45, 7) is 0. The average molecular weight is 503 g/mol. The Morgan fingerprint density at radius 2 is 1.69 bits per heavy atom. The van der Waals surface area contributed by atoms with Crippen molar-refractivity contribution in [3.8, 4) is 11.1 Å². The largest absolute Gasteiger partial charge is 0.476 e. The maximum atomic E-state index is 13.5. The fraction of sp³-hybridized carbons (Fsp3) is 0.0909. The van der Waals surface area contributed by atoms with Gasteiger partial charge >= 0.3 is 12.1 Å². The summed E-state index contributed by atoms with van der Waals surface area (Å²) in [5.74, 6) is -1.51. The van der Waals surface area contributed by atoms with Crippen LogP contribution in [0.4, 0.5) is 30.5 Å². The third-order valence-electron chi connectivity index (χ3n) is 4.72. The molecule has 2 aromatic carbocycles. The zero-order valence-corrected chi connectivity index (χ0v) is 18.6. The third kappa shape index (κ3) is 5.46. The molecule has 180 valence electrons. The van der Waals surface area contributed by atoms with Crippen molar-refractivity contribution in [3.63, 3.8) is 0 Å². The Kier molecular flexibility index (Phi) is 6.03. The van der Waals surface area contributed by atoms with Crippen LogP contribution in [-0.4, -0.2) is 40.7 Å². The van der Waals surface area contributed by atoms with Crippen molar-refractivity contribution in [2.45, 2.75) is 6.18 Å². The minimum absolute atomic E-state index is 0.0151. The topological polar surface area (TPSA) is 134 Å². The molecule has 0 saturated carbocycles. The summed E-state index contributed by atoms with van der Waals surface area (Å²) in [4.78, 5) is 24.1. The number of hydrogen-bond donors (Lipinski definition) is 3. The fourth-order valence-electron chi connectivity index (χ4n) is 3.36. The van der Waals surface area contributed by atoms with Gasteiger partial charge in [-0.25, -0.2) is 23.2 Å². The Morgan fingerprint density at radius 3 is 2.37 bits per heavy atom. The molecule has 0 bridgehead atoms. The van der Waals surface area contributed by atoms with Crippen molar-refractivity contribution in [1.82, 2.24) is 15.0 Å². The number of sulfonamides is 1. The van der Waals surface area contributed by atoms with Gasteiger partial charge in [0.05, 0.1) is 17.5 Å². The lowest BCUT2D eigenvalue weighted by atomic mass is 9.97. The van der Waals surface area contributed by atoms with E-state index in [0.717, 1.165) is 12.3 Å². The number of benzene rings is 2. The lowest BCUT2D eigenvalue weighted by Gasteiger charge is -2.15. The van der Waals surface area contributed by atoms with E-state index in [2.05, 4.69) is 25.0 Å². The molecule has 0 atom stereocenters. The van der Waals surface area contributed by atoms with Crippen LogP contribution < -0.4 is 10.0 Å². The summed E-state index contributed by atoms with van der Waals surface area (Å²) >= 11 is 0. The van der Waals surface area contributed by atoms with Gasteiger partial charge in [0.15, 0.2) is 11.3 Å². The molecule has 9 nitrogen and oxygen atoms in total. The summed E-state index contributed by atoms with van der Waals surface area (Å²) in [7, 11) is -3.49. The van der Waals surface area contributed by atoms with Crippen LogP contribution in [0.3, 0.4) is 0 Å². The van der Waals surface area contributed by atoms with Gasteiger partial charge in [-0.2, -0.15) is 18.2 Å². The second kappa shape index (κ2) is 8.83. The number of fused-ring (bicyclic) bond motifs is 1. The molecule has 4 rings (SSSR count). The van der Waals surface area contributed by atoms with Crippen LogP contribution in [0.25, 0.3) is 22.2 Å². The van der Waals surface area contributed by atoms with Crippen molar-refractivity contribution in [1.29, 1.82) is 0 Å². The van der Waals surface area contributed by atoms with E-state index in [-0.39, 0.29) is 33.8 Å². The molecule has 2 aromatic heterocycles. The highest BCUT2D eigenvalue weighted by molar-refractivity contribution is 7.92. The molecular weight excluding hydrogens is 487 g/mol. The van der Waals surface area contributed by atoms with Crippen molar-refractivity contribution < 1.29 is 31.5 Å². The highest BCUT2D eigenvalue weighted by atomic mass is 32.2. The van der Waals surface area contributed by atoms with Gasteiger partial charge in [-0.1, -0.05) is 24.3 Å². The Balaban J connectivity index is 1.76. The number of carboxylic acids is 1. The van der Waals surface area contributed by atoms with E-state index in [0.29, 0.717) is 5.69 Å². The molecule has 13 heteroatoms. The number of alkyl halides is 3. The highest BCUT2D eigenvalue weighted by Gasteiger charge is 2.34. The van der Waals surface area contributed by atoms with Gasteiger partial charge in [0.2, 0.25) is 16.0 Å². The quantitative estimate of drug-likeness (QED) is 0.350. The predicted molar refractivity (Wildman–Crippen MR) is 123 cm³/mol. The summed E-state index contributed by atoms with van der Waals surface area (Å²) in [5, 5.41) is 12.7. The Bertz CT molecular complexity index is 1560. The van der Waals surface area contributed by atoms with Crippen molar-refractivity contribution in [3.05, 3.63) is 72.1 Å². The van der Waals surface area contributed by atoms with Gasteiger partial charge in [-0.05, 0) is 35.9 Å². The molecule has 3 N–H and O–H groups in total. The van der Waals surface area contributed by atoms with Crippen LogP contribution in [0.1, 0.15) is 16.1 Å². The van der Waals surface area contributed by atoms with Gasteiger partial charge in [-0.15, -0.1) is 0 Å². The summed E-state index contributed by atoms with van der Waals surface area (Å²) < 4.78 is 65.8. The first kappa shape index (κ1) is 23.9. The zero-order chi connectivity index (χ0) is 25.4. The molecule has 0 aliphatic rings. The molecule has 0 amide bonds. The molecule has 35 heavy (non-hydrogen) atoms. The number of carbonyl (C=O) groups is 1. The van der Waals surface area contributed by atoms with Crippen LogP contribution >= 0.6 is 0 Å². The lowest BCUT2D eigenvalue weighted by Crippen LogP contribution is -2.10. The number of pyridine rings is 1.